The van der Waals surface area contributed by atoms with Crippen LogP contribution >= 0.6 is 0 Å². The number of nitrogens with zero attached hydrogens (tertiary/aromatic N) is 2. The molecule has 45 heavy (non-hydrogen) atoms. The number of ether oxygens (including phenoxy) is 1. The van der Waals surface area contributed by atoms with Crippen molar-refractivity contribution in [1.29, 1.82) is 0 Å². The number of nitrogens with one attached hydrogen (secondary N) is 2. The minimum atomic E-state index is -4.15. The van der Waals surface area contributed by atoms with Crippen LogP contribution in [0.1, 0.15) is 37.5 Å². The molecule has 11 nitrogen and oxygen atoms in total. The second-order valence-corrected chi connectivity index (χ2v) is 13.7. The number of anilines is 1. The fourth-order valence-corrected chi connectivity index (χ4v) is 6.98. The van der Waals surface area contributed by atoms with Crippen LogP contribution in [0.25, 0.3) is 11.0 Å². The lowest BCUT2D eigenvalue weighted by molar-refractivity contribution is -0.129. The van der Waals surface area contributed by atoms with Gasteiger partial charge in [0.1, 0.15) is 5.75 Å². The van der Waals surface area contributed by atoms with Crippen LogP contribution in [0.4, 0.5) is 5.95 Å². The Balaban J connectivity index is 1.71. The van der Waals surface area contributed by atoms with Gasteiger partial charge in [-0.2, -0.15) is 4.31 Å². The number of hydrogen-bond acceptors (Lipinski definition) is 7. The Hall–Kier alpha value is -4.26. The molecule has 3 aromatic carbocycles. The number of aromatic nitrogens is 2. The molecule has 2 amide bonds. The number of rotatable bonds is 14. The molecule has 1 unspecified atom stereocenters. The Morgan fingerprint density at radius 1 is 1.02 bits per heavy atom. The third-order valence-corrected chi connectivity index (χ3v) is 9.31. The van der Waals surface area contributed by atoms with E-state index in [-0.39, 0.29) is 42.2 Å². The quantitative estimate of drug-likeness (QED) is 0.163. The highest BCUT2D eigenvalue weighted by Gasteiger charge is 2.38. The van der Waals surface area contributed by atoms with Crippen LogP contribution in [0.3, 0.4) is 0 Å². The molecule has 0 aliphatic rings. The molecule has 0 spiro atoms. The number of fused-ring (bicyclic) bond motifs is 1. The number of aryl methyl sites for hydroxylation is 2. The average Bonchev–Trinajstić information content (AvgIpc) is 3.36. The summed E-state index contributed by atoms with van der Waals surface area (Å²) in [4.78, 5) is 31.6. The molecule has 4 rings (SSSR count). The standard InChI is InChI=1S/C33H41N5O6S/c1-20(2)18-38(45(42,43)25-14-15-27-28(17-25)37-33(36-27)35-23(5)39)19-29(40)26(16-24-12-7-6-8-13-24)31(32(34)41)44-30-21(3)10-9-11-22(30)4/h6-15,17,20,26,29,31,40H,16,18-19H2,1-5H3,(H2,34,41)(H2,35,36,37,39)/t26-,29-,31?/m0/s1. The number of aromatic amines is 1. The molecule has 0 radical (unpaired) electrons. The van der Waals surface area contributed by atoms with Gasteiger partial charge < -0.3 is 20.6 Å². The van der Waals surface area contributed by atoms with E-state index in [2.05, 4.69) is 15.3 Å². The number of nitrogens with two attached hydrogens (primary N) is 1. The number of imidazole rings is 1. The molecule has 1 heterocycles. The Kier molecular flexibility index (Phi) is 10.6. The number of aliphatic hydroxyl groups is 1. The van der Waals surface area contributed by atoms with E-state index in [1.807, 2.05) is 76.2 Å². The molecule has 4 aromatic rings. The predicted octanol–water partition coefficient (Wildman–Crippen LogP) is 3.94. The summed E-state index contributed by atoms with van der Waals surface area (Å²) >= 11 is 0. The molecule has 5 N–H and O–H groups in total. The fraction of sp³-hybridized carbons (Fsp3) is 0.364. The van der Waals surface area contributed by atoms with Crippen LogP contribution in [0.15, 0.2) is 71.6 Å². The first kappa shape index (κ1) is 33.6. The first-order valence-electron chi connectivity index (χ1n) is 14.8. The second kappa shape index (κ2) is 14.2. The van der Waals surface area contributed by atoms with Crippen LogP contribution in [0.5, 0.6) is 5.75 Å². The maximum atomic E-state index is 14.1. The largest absolute Gasteiger partial charge is 0.480 e. The summed E-state index contributed by atoms with van der Waals surface area (Å²) in [6.07, 6.45) is -2.38. The first-order chi connectivity index (χ1) is 21.3. The minimum Gasteiger partial charge on any atom is -0.480 e. The van der Waals surface area contributed by atoms with Crippen LogP contribution in [-0.4, -0.2) is 64.9 Å². The number of amides is 2. The summed E-state index contributed by atoms with van der Waals surface area (Å²) in [7, 11) is -4.15. The van der Waals surface area contributed by atoms with E-state index in [1.54, 1.807) is 6.07 Å². The Morgan fingerprint density at radius 3 is 2.29 bits per heavy atom. The lowest BCUT2D eigenvalue weighted by atomic mass is 9.88. The lowest BCUT2D eigenvalue weighted by Gasteiger charge is -2.34. The number of sulfonamides is 1. The summed E-state index contributed by atoms with van der Waals surface area (Å²) in [5.41, 5.74) is 9.23. The zero-order valence-electron chi connectivity index (χ0n) is 26.2. The van der Waals surface area contributed by atoms with E-state index < -0.39 is 34.1 Å². The summed E-state index contributed by atoms with van der Waals surface area (Å²) in [5, 5.41) is 14.4. The van der Waals surface area contributed by atoms with Gasteiger partial charge in [0.2, 0.25) is 21.9 Å². The van der Waals surface area contributed by atoms with Gasteiger partial charge in [-0.15, -0.1) is 0 Å². The number of H-pyrrole nitrogens is 1. The van der Waals surface area contributed by atoms with Gasteiger partial charge in [-0.25, -0.2) is 13.4 Å². The van der Waals surface area contributed by atoms with Crippen molar-refractivity contribution in [1.82, 2.24) is 14.3 Å². The van der Waals surface area contributed by atoms with Gasteiger partial charge in [-0.05, 0) is 61.1 Å². The van der Waals surface area contributed by atoms with Crippen molar-refractivity contribution in [3.8, 4) is 5.75 Å². The Labute approximate surface area is 263 Å². The highest BCUT2D eigenvalue weighted by Crippen LogP contribution is 2.29. The lowest BCUT2D eigenvalue weighted by Crippen LogP contribution is -2.50. The summed E-state index contributed by atoms with van der Waals surface area (Å²) < 4.78 is 35.6. The number of aliphatic hydroxyl groups excluding tert-OH is 1. The van der Waals surface area contributed by atoms with E-state index in [0.717, 1.165) is 16.7 Å². The number of primary amides is 1. The zero-order valence-corrected chi connectivity index (χ0v) is 27.0. The van der Waals surface area contributed by atoms with E-state index in [0.29, 0.717) is 16.8 Å². The monoisotopic (exact) mass is 635 g/mol. The van der Waals surface area contributed by atoms with Crippen molar-refractivity contribution in [2.75, 3.05) is 18.4 Å². The second-order valence-electron chi connectivity index (χ2n) is 11.7. The van der Waals surface area contributed by atoms with Crippen molar-refractivity contribution in [2.24, 2.45) is 17.6 Å². The molecule has 3 atom stereocenters. The van der Waals surface area contributed by atoms with Gasteiger partial charge in [0.15, 0.2) is 6.10 Å². The molecule has 1 aromatic heterocycles. The minimum absolute atomic E-state index is 0.0263. The van der Waals surface area contributed by atoms with Crippen LogP contribution in [0, 0.1) is 25.7 Å². The molecular formula is C33H41N5O6S. The summed E-state index contributed by atoms with van der Waals surface area (Å²) in [6, 6.07) is 19.3. The maximum absolute atomic E-state index is 14.1. The van der Waals surface area contributed by atoms with E-state index in [9.17, 15) is 23.1 Å². The number of carbonyl (C=O) groups excluding carboxylic acids is 2. The van der Waals surface area contributed by atoms with Crippen molar-refractivity contribution < 1.29 is 27.9 Å². The molecule has 0 saturated carbocycles. The number of hydrogen-bond donors (Lipinski definition) is 4. The summed E-state index contributed by atoms with van der Waals surface area (Å²) in [5.74, 6) is -1.37. The first-order valence-corrected chi connectivity index (χ1v) is 16.2. The molecule has 0 aliphatic heterocycles. The molecule has 0 bridgehead atoms. The highest BCUT2D eigenvalue weighted by atomic mass is 32.2. The Bertz CT molecular complexity index is 1740. The van der Waals surface area contributed by atoms with E-state index in [4.69, 9.17) is 10.5 Å². The van der Waals surface area contributed by atoms with Gasteiger partial charge in [0, 0.05) is 25.9 Å². The predicted molar refractivity (Wildman–Crippen MR) is 173 cm³/mol. The molecule has 240 valence electrons. The molecular weight excluding hydrogens is 594 g/mol. The van der Waals surface area contributed by atoms with Gasteiger partial charge >= 0.3 is 0 Å². The van der Waals surface area contributed by atoms with Gasteiger partial charge in [0.05, 0.1) is 22.0 Å². The van der Waals surface area contributed by atoms with Crippen molar-refractivity contribution >= 4 is 38.8 Å². The van der Waals surface area contributed by atoms with E-state index >= 15 is 0 Å². The Morgan fingerprint density at radius 2 is 1.69 bits per heavy atom. The van der Waals surface area contributed by atoms with Crippen molar-refractivity contribution in [3.05, 3.63) is 83.4 Å². The van der Waals surface area contributed by atoms with E-state index in [1.165, 1.54) is 23.4 Å². The zero-order chi connectivity index (χ0) is 32.9. The fourth-order valence-electron chi connectivity index (χ4n) is 5.34. The van der Waals surface area contributed by atoms with Gasteiger partial charge in [-0.3, -0.25) is 14.9 Å². The van der Waals surface area contributed by atoms with Crippen molar-refractivity contribution in [3.63, 3.8) is 0 Å². The number of para-hydroxylation sites is 1. The maximum Gasteiger partial charge on any atom is 0.258 e. The molecule has 0 fully saturated rings. The van der Waals surface area contributed by atoms with Crippen molar-refractivity contribution in [2.45, 2.75) is 58.1 Å². The summed E-state index contributed by atoms with van der Waals surface area (Å²) in [6.45, 7) is 8.61. The average molecular weight is 636 g/mol. The third-order valence-electron chi connectivity index (χ3n) is 7.48. The number of benzene rings is 3. The van der Waals surface area contributed by atoms with Crippen LogP contribution < -0.4 is 15.8 Å². The SMILES string of the molecule is CC(=O)Nc1nc2cc(S(=O)(=O)N(CC(C)C)C[C@H](O)[C@H](Cc3ccccc3)C(Oc3c(C)cccc3C)C(N)=O)ccc2[nH]1. The van der Waals surface area contributed by atoms with Gasteiger partial charge in [-0.1, -0.05) is 62.4 Å². The normalized spacial score (nSPS) is 14.0. The molecule has 12 heteroatoms. The highest BCUT2D eigenvalue weighted by molar-refractivity contribution is 7.89. The number of carbonyl (C=O) groups is 2. The molecule has 0 aliphatic carbocycles. The van der Waals surface area contributed by atoms with Gasteiger partial charge in [0.25, 0.3) is 5.91 Å². The van der Waals surface area contributed by atoms with Crippen LogP contribution in [-0.2, 0) is 26.0 Å². The molecule has 0 saturated heterocycles. The van der Waals surface area contributed by atoms with Crippen LogP contribution in [0.2, 0.25) is 0 Å². The smallest absolute Gasteiger partial charge is 0.258 e. The topological polar surface area (TPSA) is 168 Å². The third kappa shape index (κ3) is 8.27.